The normalized spacial score (nSPS) is 22.5. The molecule has 1 aromatic carbocycles. The molecule has 0 saturated heterocycles. The lowest BCUT2D eigenvalue weighted by Crippen LogP contribution is -2.43. The number of nitrogens with zero attached hydrogens (tertiary/aromatic N) is 1. The molecule has 2 nitrogen and oxygen atoms in total. The number of rotatable bonds is 7. The zero-order chi connectivity index (χ0) is 13.7. The minimum absolute atomic E-state index is 0.705. The van der Waals surface area contributed by atoms with Crippen molar-refractivity contribution in [3.05, 3.63) is 34.9 Å². The van der Waals surface area contributed by atoms with Crippen LogP contribution in [-0.4, -0.2) is 37.1 Å². The largest absolute Gasteiger partial charge is 0.313 e. The van der Waals surface area contributed by atoms with E-state index in [-0.39, 0.29) is 0 Å². The van der Waals surface area contributed by atoms with Crippen molar-refractivity contribution in [2.45, 2.75) is 38.6 Å². The second kappa shape index (κ2) is 7.28. The molecule has 1 aliphatic rings. The van der Waals surface area contributed by atoms with E-state index in [0.717, 1.165) is 37.1 Å². The average molecular weight is 281 g/mol. The molecular weight excluding hydrogens is 256 g/mol. The van der Waals surface area contributed by atoms with Gasteiger partial charge in [0.05, 0.1) is 0 Å². The van der Waals surface area contributed by atoms with Crippen molar-refractivity contribution >= 4 is 11.6 Å². The lowest BCUT2D eigenvalue weighted by molar-refractivity contribution is 0.256. The predicted octanol–water partition coefficient (Wildman–Crippen LogP) is 3.52. The fourth-order valence-electron chi connectivity index (χ4n) is 2.76. The lowest BCUT2D eigenvalue weighted by atomic mass is 9.76. The number of nitrogens with one attached hydrogen (secondary N) is 1. The number of hydrogen-bond donors (Lipinski definition) is 1. The molecular formula is C16H25ClN2. The quantitative estimate of drug-likeness (QED) is 0.822. The summed E-state index contributed by atoms with van der Waals surface area (Å²) in [5, 5.41) is 4.49. The van der Waals surface area contributed by atoms with E-state index in [1.807, 2.05) is 12.1 Å². The monoisotopic (exact) mass is 280 g/mol. The molecule has 1 aliphatic carbocycles. The van der Waals surface area contributed by atoms with Crippen molar-refractivity contribution < 1.29 is 0 Å². The van der Waals surface area contributed by atoms with Gasteiger partial charge in [-0.3, -0.25) is 0 Å². The Morgan fingerprint density at radius 1 is 1.16 bits per heavy atom. The first-order valence-electron chi connectivity index (χ1n) is 7.44. The summed E-state index contributed by atoms with van der Waals surface area (Å²) in [7, 11) is 0. The highest BCUT2D eigenvalue weighted by atomic mass is 35.5. The molecule has 1 fully saturated rings. The van der Waals surface area contributed by atoms with Crippen LogP contribution in [0, 0.1) is 0 Å². The van der Waals surface area contributed by atoms with Crippen molar-refractivity contribution in [1.29, 1.82) is 0 Å². The number of hydrogen-bond acceptors (Lipinski definition) is 2. The third kappa shape index (κ3) is 4.20. The molecule has 1 aromatic rings. The predicted molar refractivity (Wildman–Crippen MR) is 83.0 cm³/mol. The highest BCUT2D eigenvalue weighted by molar-refractivity contribution is 6.30. The van der Waals surface area contributed by atoms with E-state index in [1.165, 1.54) is 18.4 Å². The Morgan fingerprint density at radius 3 is 2.37 bits per heavy atom. The van der Waals surface area contributed by atoms with Gasteiger partial charge in [-0.1, -0.05) is 37.6 Å². The first-order chi connectivity index (χ1) is 9.22. The van der Waals surface area contributed by atoms with Crippen LogP contribution < -0.4 is 5.32 Å². The van der Waals surface area contributed by atoms with Gasteiger partial charge >= 0.3 is 0 Å². The molecule has 19 heavy (non-hydrogen) atoms. The van der Waals surface area contributed by atoms with Gasteiger partial charge in [0, 0.05) is 24.2 Å². The van der Waals surface area contributed by atoms with Crippen LogP contribution in [0.25, 0.3) is 0 Å². The van der Waals surface area contributed by atoms with Crippen LogP contribution in [0.1, 0.15) is 38.2 Å². The molecule has 0 spiro atoms. The molecule has 0 unspecified atom stereocenters. The maximum absolute atomic E-state index is 5.91. The SMILES string of the molecule is CCN(CC)CCNC1CC(c2ccc(Cl)cc2)C1. The van der Waals surface area contributed by atoms with E-state index in [0.29, 0.717) is 6.04 Å². The van der Waals surface area contributed by atoms with Crippen molar-refractivity contribution in [2.24, 2.45) is 0 Å². The third-order valence-corrected chi connectivity index (χ3v) is 4.49. The summed E-state index contributed by atoms with van der Waals surface area (Å²) in [6.07, 6.45) is 2.53. The molecule has 0 radical (unpaired) electrons. The minimum Gasteiger partial charge on any atom is -0.313 e. The second-order valence-corrected chi connectivity index (χ2v) is 5.83. The molecule has 106 valence electrons. The molecule has 0 heterocycles. The molecule has 3 heteroatoms. The molecule has 0 aliphatic heterocycles. The first-order valence-corrected chi connectivity index (χ1v) is 7.82. The fraction of sp³-hybridized carbons (Fsp3) is 0.625. The zero-order valence-corrected chi connectivity index (χ0v) is 12.8. The van der Waals surface area contributed by atoms with Crippen molar-refractivity contribution in [1.82, 2.24) is 10.2 Å². The summed E-state index contributed by atoms with van der Waals surface area (Å²) in [6, 6.07) is 9.03. The van der Waals surface area contributed by atoms with Crippen LogP contribution in [-0.2, 0) is 0 Å². The standard InChI is InChI=1S/C16H25ClN2/c1-3-19(4-2)10-9-18-16-11-14(12-16)13-5-7-15(17)8-6-13/h5-8,14,16,18H,3-4,9-12H2,1-2H3. The third-order valence-electron chi connectivity index (χ3n) is 4.23. The van der Waals surface area contributed by atoms with Gasteiger partial charge in [-0.05, 0) is 49.5 Å². The average Bonchev–Trinajstić information content (AvgIpc) is 2.38. The fourth-order valence-corrected chi connectivity index (χ4v) is 2.88. The van der Waals surface area contributed by atoms with E-state index < -0.39 is 0 Å². The van der Waals surface area contributed by atoms with Crippen LogP contribution in [0.3, 0.4) is 0 Å². The summed E-state index contributed by atoms with van der Waals surface area (Å²) in [5.41, 5.74) is 1.44. The van der Waals surface area contributed by atoms with Gasteiger partial charge in [-0.25, -0.2) is 0 Å². The van der Waals surface area contributed by atoms with Crippen molar-refractivity contribution in [2.75, 3.05) is 26.2 Å². The highest BCUT2D eigenvalue weighted by Crippen LogP contribution is 2.37. The van der Waals surface area contributed by atoms with E-state index >= 15 is 0 Å². The van der Waals surface area contributed by atoms with Gasteiger partial charge in [0.2, 0.25) is 0 Å². The van der Waals surface area contributed by atoms with Crippen molar-refractivity contribution in [3.8, 4) is 0 Å². The van der Waals surface area contributed by atoms with E-state index in [4.69, 9.17) is 11.6 Å². The van der Waals surface area contributed by atoms with Crippen LogP contribution in [0.4, 0.5) is 0 Å². The minimum atomic E-state index is 0.705. The maximum atomic E-state index is 5.91. The molecule has 0 bridgehead atoms. The highest BCUT2D eigenvalue weighted by Gasteiger charge is 2.29. The first kappa shape index (κ1) is 14.8. The number of likely N-dealkylation sites (N-methyl/N-ethyl adjacent to an activating group) is 1. The molecule has 0 aromatic heterocycles. The van der Waals surface area contributed by atoms with Gasteiger partial charge in [-0.2, -0.15) is 0 Å². The van der Waals surface area contributed by atoms with Gasteiger partial charge in [-0.15, -0.1) is 0 Å². The Morgan fingerprint density at radius 2 is 1.79 bits per heavy atom. The summed E-state index contributed by atoms with van der Waals surface area (Å²) >= 11 is 5.91. The summed E-state index contributed by atoms with van der Waals surface area (Å²) in [6.45, 7) is 9.02. The molecule has 1 N–H and O–H groups in total. The topological polar surface area (TPSA) is 15.3 Å². The molecule has 2 rings (SSSR count). The van der Waals surface area contributed by atoms with Gasteiger partial charge in [0.15, 0.2) is 0 Å². The van der Waals surface area contributed by atoms with Crippen LogP contribution in [0.2, 0.25) is 5.02 Å². The second-order valence-electron chi connectivity index (χ2n) is 5.40. The Bertz CT molecular complexity index is 367. The Hall–Kier alpha value is -0.570. The number of benzene rings is 1. The summed E-state index contributed by atoms with van der Waals surface area (Å²) < 4.78 is 0. The van der Waals surface area contributed by atoms with E-state index in [9.17, 15) is 0 Å². The van der Waals surface area contributed by atoms with Crippen molar-refractivity contribution in [3.63, 3.8) is 0 Å². The maximum Gasteiger partial charge on any atom is 0.0406 e. The van der Waals surface area contributed by atoms with Crippen LogP contribution >= 0.6 is 11.6 Å². The Kier molecular flexibility index (Phi) is 5.68. The summed E-state index contributed by atoms with van der Waals surface area (Å²) in [4.78, 5) is 2.46. The van der Waals surface area contributed by atoms with Gasteiger partial charge in [0.1, 0.15) is 0 Å². The summed E-state index contributed by atoms with van der Waals surface area (Å²) in [5.74, 6) is 0.725. The molecule has 0 amide bonds. The molecule has 1 saturated carbocycles. The Labute approximate surface area is 122 Å². The van der Waals surface area contributed by atoms with E-state index in [1.54, 1.807) is 0 Å². The lowest BCUT2D eigenvalue weighted by Gasteiger charge is -2.37. The Balaban J connectivity index is 1.65. The van der Waals surface area contributed by atoms with Gasteiger partial charge in [0.25, 0.3) is 0 Å². The smallest absolute Gasteiger partial charge is 0.0406 e. The zero-order valence-electron chi connectivity index (χ0n) is 12.0. The molecule has 0 atom stereocenters. The van der Waals surface area contributed by atoms with Gasteiger partial charge < -0.3 is 10.2 Å². The van der Waals surface area contributed by atoms with E-state index in [2.05, 4.69) is 36.2 Å². The number of halogens is 1. The van der Waals surface area contributed by atoms with Crippen LogP contribution in [0.15, 0.2) is 24.3 Å². The van der Waals surface area contributed by atoms with Crippen LogP contribution in [0.5, 0.6) is 0 Å².